The summed E-state index contributed by atoms with van der Waals surface area (Å²) in [5.74, 6) is 0.832. The van der Waals surface area contributed by atoms with Crippen molar-refractivity contribution in [3.63, 3.8) is 0 Å². The number of nitrogens with zero attached hydrogens (tertiary/aromatic N) is 3. The number of piperidine rings is 1. The second kappa shape index (κ2) is 7.34. The topological polar surface area (TPSA) is 59.4 Å². The lowest BCUT2D eigenvalue weighted by Crippen LogP contribution is -2.45. The molecule has 23 heavy (non-hydrogen) atoms. The van der Waals surface area contributed by atoms with Crippen molar-refractivity contribution in [3.8, 4) is 0 Å². The van der Waals surface area contributed by atoms with Crippen molar-refractivity contribution in [2.24, 2.45) is 0 Å². The first-order chi connectivity index (χ1) is 11.2. The highest BCUT2D eigenvalue weighted by Gasteiger charge is 2.25. The van der Waals surface area contributed by atoms with Crippen LogP contribution in [0.2, 0.25) is 0 Å². The van der Waals surface area contributed by atoms with E-state index < -0.39 is 0 Å². The van der Waals surface area contributed by atoms with Crippen LogP contribution in [0.25, 0.3) is 0 Å². The molecular formula is C17H28N4O2. The van der Waals surface area contributed by atoms with E-state index in [-0.39, 0.29) is 12.1 Å². The van der Waals surface area contributed by atoms with Gasteiger partial charge in [0, 0.05) is 26.3 Å². The number of ether oxygens (including phenoxy) is 1. The summed E-state index contributed by atoms with van der Waals surface area (Å²) in [4.78, 5) is 14.4. The maximum atomic E-state index is 12.6. The minimum Gasteiger partial charge on any atom is -0.380 e. The molecule has 2 aliphatic rings. The molecule has 1 saturated heterocycles. The number of nitrogens with one attached hydrogen (secondary N) is 1. The van der Waals surface area contributed by atoms with E-state index in [9.17, 15) is 4.79 Å². The summed E-state index contributed by atoms with van der Waals surface area (Å²) in [5, 5.41) is 7.70. The van der Waals surface area contributed by atoms with E-state index in [1.807, 2.05) is 22.6 Å². The van der Waals surface area contributed by atoms with Crippen LogP contribution < -0.4 is 5.32 Å². The molecule has 1 atom stereocenters. The van der Waals surface area contributed by atoms with Crippen molar-refractivity contribution in [2.75, 3.05) is 25.5 Å². The van der Waals surface area contributed by atoms with Crippen molar-refractivity contribution in [1.82, 2.24) is 14.7 Å². The van der Waals surface area contributed by atoms with Gasteiger partial charge >= 0.3 is 6.03 Å². The molecular weight excluding hydrogens is 292 g/mol. The predicted octanol–water partition coefficient (Wildman–Crippen LogP) is 3.34. The Morgan fingerprint density at radius 1 is 1.26 bits per heavy atom. The molecule has 3 rings (SSSR count). The van der Waals surface area contributed by atoms with E-state index in [0.717, 1.165) is 43.7 Å². The number of hydrogen-bond donors (Lipinski definition) is 1. The predicted molar refractivity (Wildman–Crippen MR) is 89.7 cm³/mol. The number of urea groups is 1. The summed E-state index contributed by atoms with van der Waals surface area (Å²) >= 11 is 0. The maximum Gasteiger partial charge on any atom is 0.323 e. The number of likely N-dealkylation sites (tertiary alicyclic amines) is 1. The van der Waals surface area contributed by atoms with Crippen LogP contribution in [0.5, 0.6) is 0 Å². The number of amides is 2. The molecule has 1 aromatic heterocycles. The zero-order chi connectivity index (χ0) is 16.2. The van der Waals surface area contributed by atoms with Crippen LogP contribution in [0.4, 0.5) is 10.6 Å². The number of carbonyl (C=O) groups excluding carboxylic acids is 1. The Morgan fingerprint density at radius 2 is 2.04 bits per heavy atom. The van der Waals surface area contributed by atoms with Gasteiger partial charge in [0.25, 0.3) is 0 Å². The van der Waals surface area contributed by atoms with Gasteiger partial charge in [-0.3, -0.25) is 5.32 Å². The molecule has 6 heteroatoms. The molecule has 0 unspecified atom stereocenters. The third-order valence-electron chi connectivity index (χ3n) is 5.01. The van der Waals surface area contributed by atoms with Gasteiger partial charge in [-0.15, -0.1) is 0 Å². The van der Waals surface area contributed by atoms with Gasteiger partial charge < -0.3 is 9.64 Å². The van der Waals surface area contributed by atoms with Crippen molar-refractivity contribution < 1.29 is 9.53 Å². The number of rotatable bonds is 3. The summed E-state index contributed by atoms with van der Waals surface area (Å²) in [6.07, 6.45) is 8.28. The molecule has 2 heterocycles. The average molecular weight is 320 g/mol. The first-order valence-electron chi connectivity index (χ1n) is 8.82. The summed E-state index contributed by atoms with van der Waals surface area (Å²) < 4.78 is 7.44. The van der Waals surface area contributed by atoms with Gasteiger partial charge in [-0.2, -0.15) is 5.10 Å². The Bertz CT molecular complexity index is 537. The van der Waals surface area contributed by atoms with Crippen LogP contribution in [0.1, 0.15) is 56.7 Å². The smallest absolute Gasteiger partial charge is 0.323 e. The largest absolute Gasteiger partial charge is 0.380 e. The Hall–Kier alpha value is -1.56. The van der Waals surface area contributed by atoms with Crippen molar-refractivity contribution in [3.05, 3.63) is 11.8 Å². The fourth-order valence-electron chi connectivity index (χ4n) is 3.72. The first-order valence-corrected chi connectivity index (χ1v) is 8.82. The molecule has 0 spiro atoms. The van der Waals surface area contributed by atoms with Crippen molar-refractivity contribution in [2.45, 2.75) is 64.0 Å². The highest BCUT2D eigenvalue weighted by atomic mass is 16.5. The van der Waals surface area contributed by atoms with Crippen LogP contribution in [-0.2, 0) is 4.74 Å². The highest BCUT2D eigenvalue weighted by molar-refractivity contribution is 5.88. The summed E-state index contributed by atoms with van der Waals surface area (Å²) in [6.45, 7) is 3.44. The molecule has 2 amide bonds. The minimum absolute atomic E-state index is 0.0382. The van der Waals surface area contributed by atoms with Gasteiger partial charge in [-0.25, -0.2) is 9.48 Å². The second-order valence-corrected chi connectivity index (χ2v) is 6.78. The Labute approximate surface area is 138 Å². The number of aryl methyl sites for hydroxylation is 1. The van der Waals surface area contributed by atoms with E-state index in [1.165, 1.54) is 19.3 Å². The Balaban J connectivity index is 1.68. The molecule has 0 bridgehead atoms. The van der Waals surface area contributed by atoms with E-state index >= 15 is 0 Å². The summed E-state index contributed by atoms with van der Waals surface area (Å²) in [6, 6.07) is 2.36. The molecule has 6 nitrogen and oxygen atoms in total. The van der Waals surface area contributed by atoms with Crippen molar-refractivity contribution in [1.29, 1.82) is 0 Å². The molecule has 1 aliphatic carbocycles. The Kier molecular flexibility index (Phi) is 5.20. The van der Waals surface area contributed by atoms with E-state index in [0.29, 0.717) is 12.6 Å². The molecule has 1 aliphatic heterocycles. The van der Waals surface area contributed by atoms with Crippen LogP contribution in [0.3, 0.4) is 0 Å². The summed E-state index contributed by atoms with van der Waals surface area (Å²) in [5.41, 5.74) is 0.958. The molecule has 0 radical (unpaired) electrons. The fourth-order valence-corrected chi connectivity index (χ4v) is 3.72. The number of carbonyl (C=O) groups is 1. The van der Waals surface area contributed by atoms with Crippen LogP contribution in [0, 0.1) is 6.92 Å². The van der Waals surface area contributed by atoms with Gasteiger partial charge in [-0.1, -0.05) is 19.3 Å². The van der Waals surface area contributed by atoms with Crippen molar-refractivity contribution >= 4 is 11.8 Å². The van der Waals surface area contributed by atoms with Gasteiger partial charge in [0.15, 0.2) is 0 Å². The fraction of sp³-hybridized carbons (Fsp3) is 0.765. The lowest BCUT2D eigenvalue weighted by atomic mass is 9.96. The molecule has 1 aromatic rings. The molecule has 1 N–H and O–H groups in total. The third-order valence-corrected chi connectivity index (χ3v) is 5.01. The molecule has 128 valence electrons. The number of anilines is 1. The number of methoxy groups -OCH3 is 1. The van der Waals surface area contributed by atoms with Gasteiger partial charge in [0.1, 0.15) is 5.82 Å². The zero-order valence-corrected chi connectivity index (χ0v) is 14.3. The summed E-state index contributed by atoms with van der Waals surface area (Å²) in [7, 11) is 1.72. The molecule has 2 fully saturated rings. The van der Waals surface area contributed by atoms with Gasteiger partial charge in [0.2, 0.25) is 0 Å². The Morgan fingerprint density at radius 3 is 2.78 bits per heavy atom. The first kappa shape index (κ1) is 16.3. The quantitative estimate of drug-likeness (QED) is 0.929. The van der Waals surface area contributed by atoms with Crippen LogP contribution in [0.15, 0.2) is 6.07 Å². The SMILES string of the molecule is CO[C@@H]1CCCN(C(=O)Nc2cc(C)nn2C2CCCCC2)C1. The minimum atomic E-state index is -0.0382. The molecule has 1 saturated carbocycles. The number of hydrogen-bond acceptors (Lipinski definition) is 3. The monoisotopic (exact) mass is 320 g/mol. The second-order valence-electron chi connectivity index (χ2n) is 6.78. The third kappa shape index (κ3) is 3.86. The van der Waals surface area contributed by atoms with Crippen LogP contribution >= 0.6 is 0 Å². The average Bonchev–Trinajstić information content (AvgIpc) is 2.96. The van der Waals surface area contributed by atoms with Gasteiger partial charge in [-0.05, 0) is 32.6 Å². The van der Waals surface area contributed by atoms with E-state index in [1.54, 1.807) is 7.11 Å². The number of aromatic nitrogens is 2. The lowest BCUT2D eigenvalue weighted by molar-refractivity contribution is 0.0457. The zero-order valence-electron chi connectivity index (χ0n) is 14.3. The van der Waals surface area contributed by atoms with E-state index in [4.69, 9.17) is 4.74 Å². The van der Waals surface area contributed by atoms with Crippen LogP contribution in [-0.4, -0.2) is 47.0 Å². The maximum absolute atomic E-state index is 12.6. The normalized spacial score (nSPS) is 23.0. The standard InChI is InChI=1S/C17H28N4O2/c1-13-11-16(21(19-13)14-7-4-3-5-8-14)18-17(22)20-10-6-9-15(12-20)23-2/h11,14-15H,3-10,12H2,1-2H3,(H,18,22)/t15-/m1/s1. The highest BCUT2D eigenvalue weighted by Crippen LogP contribution is 2.30. The molecule has 0 aromatic carbocycles. The lowest BCUT2D eigenvalue weighted by Gasteiger charge is -2.32. The van der Waals surface area contributed by atoms with E-state index in [2.05, 4.69) is 10.4 Å². The van der Waals surface area contributed by atoms with Gasteiger partial charge in [0.05, 0.1) is 17.8 Å².